The molecule has 0 aliphatic carbocycles. The smallest absolute Gasteiger partial charge is 0.329 e. The van der Waals surface area contributed by atoms with Crippen LogP contribution < -0.4 is 10.6 Å². The highest BCUT2D eigenvalue weighted by atomic mass is 127. The minimum absolute atomic E-state index is 0.156. The van der Waals surface area contributed by atoms with Crippen LogP contribution in [0.4, 0.5) is 14.6 Å². The average Bonchev–Trinajstić information content (AvgIpc) is 2.69. The Labute approximate surface area is 201 Å². The standard InChI is InChI=1S/C23H30F2IN3O3/c1-6-8-17(11-19(9-7-2)32-14-23(24,25)26)13-27-22(31)18-10-16(5)28-20(12-18)29-21(30)15(3)4/h6,8-12,15H,7,13-14H2,1-5H3,(H,27,31)(H,28,29,30)/b8-6-,17-11+,19-9-. The molecule has 176 valence electrons. The second-order valence-corrected chi connectivity index (χ2v) is 8.93. The molecule has 0 spiro atoms. The molecule has 32 heavy (non-hydrogen) atoms. The van der Waals surface area contributed by atoms with E-state index in [-0.39, 0.29) is 24.3 Å². The van der Waals surface area contributed by atoms with Crippen LogP contribution in [0.2, 0.25) is 0 Å². The maximum absolute atomic E-state index is 13.1. The van der Waals surface area contributed by atoms with E-state index >= 15 is 0 Å². The van der Waals surface area contributed by atoms with Crippen LogP contribution in [0, 0.1) is 12.8 Å². The number of hydrogen-bond acceptors (Lipinski definition) is 4. The summed E-state index contributed by atoms with van der Waals surface area (Å²) in [5.74, 6) is -0.154. The molecule has 0 radical (unpaired) electrons. The molecule has 9 heteroatoms. The second-order valence-electron chi connectivity index (χ2n) is 7.35. The van der Waals surface area contributed by atoms with E-state index in [4.69, 9.17) is 4.74 Å². The summed E-state index contributed by atoms with van der Waals surface area (Å²) < 4.78 is 28.6. The van der Waals surface area contributed by atoms with Gasteiger partial charge in [-0.1, -0.05) is 32.9 Å². The van der Waals surface area contributed by atoms with Crippen molar-refractivity contribution in [2.45, 2.75) is 45.0 Å². The van der Waals surface area contributed by atoms with Crippen LogP contribution in [0.25, 0.3) is 0 Å². The summed E-state index contributed by atoms with van der Waals surface area (Å²) >= 11 is 1.03. The van der Waals surface area contributed by atoms with Gasteiger partial charge in [0.2, 0.25) is 5.91 Å². The number of anilines is 1. The summed E-state index contributed by atoms with van der Waals surface area (Å²) in [6.45, 7) is 8.36. The van der Waals surface area contributed by atoms with E-state index in [1.54, 1.807) is 51.1 Å². The molecule has 2 amide bonds. The zero-order valence-corrected chi connectivity index (χ0v) is 21.1. The maximum Gasteiger partial charge on any atom is 0.329 e. The molecule has 1 aromatic rings. The van der Waals surface area contributed by atoms with Gasteiger partial charge in [0.15, 0.2) is 6.61 Å². The third-order valence-electron chi connectivity index (χ3n) is 3.96. The molecule has 0 fully saturated rings. The minimum atomic E-state index is -2.98. The van der Waals surface area contributed by atoms with Crippen LogP contribution in [0.5, 0.6) is 0 Å². The van der Waals surface area contributed by atoms with Gasteiger partial charge in [0, 0.05) is 46.3 Å². The molecule has 0 aliphatic rings. The molecule has 1 heterocycles. The predicted octanol–water partition coefficient (Wildman–Crippen LogP) is 5.56. The predicted molar refractivity (Wildman–Crippen MR) is 131 cm³/mol. The molecule has 0 saturated carbocycles. The number of nitrogens with one attached hydrogen (secondary N) is 2. The van der Waals surface area contributed by atoms with Crippen LogP contribution >= 0.6 is 22.6 Å². The van der Waals surface area contributed by atoms with E-state index in [1.807, 2.05) is 13.8 Å². The van der Waals surface area contributed by atoms with Crippen molar-refractivity contribution in [3.05, 3.63) is 59.0 Å². The molecule has 0 aliphatic heterocycles. The minimum Gasteiger partial charge on any atom is -0.487 e. The van der Waals surface area contributed by atoms with Crippen molar-refractivity contribution < 1.29 is 23.1 Å². The Morgan fingerprint density at radius 3 is 2.56 bits per heavy atom. The van der Waals surface area contributed by atoms with Crippen LogP contribution in [0.3, 0.4) is 0 Å². The Bertz CT molecular complexity index is 891. The van der Waals surface area contributed by atoms with Gasteiger partial charge in [0.05, 0.1) is 0 Å². The first kappa shape index (κ1) is 27.7. The quantitative estimate of drug-likeness (QED) is 0.161. The Balaban J connectivity index is 2.96. The molecule has 0 atom stereocenters. The fraction of sp³-hybridized carbons (Fsp3) is 0.435. The molecule has 1 aromatic heterocycles. The van der Waals surface area contributed by atoms with Gasteiger partial charge in [0.25, 0.3) is 5.91 Å². The zero-order chi connectivity index (χ0) is 24.3. The van der Waals surface area contributed by atoms with E-state index in [1.165, 1.54) is 6.07 Å². The molecule has 1 rings (SSSR count). The summed E-state index contributed by atoms with van der Waals surface area (Å²) in [5.41, 5.74) is 1.61. The fourth-order valence-corrected chi connectivity index (χ4v) is 2.66. The summed E-state index contributed by atoms with van der Waals surface area (Å²) in [4.78, 5) is 28.9. The number of nitrogens with zero attached hydrogens (tertiary/aromatic N) is 1. The lowest BCUT2D eigenvalue weighted by atomic mass is 10.1. The third-order valence-corrected chi connectivity index (χ3v) is 4.27. The Hall–Kier alpha value is -2.30. The normalized spacial score (nSPS) is 12.9. The molecule has 0 unspecified atom stereocenters. The summed E-state index contributed by atoms with van der Waals surface area (Å²) in [5, 5.41) is 5.49. The number of ether oxygens (including phenoxy) is 1. The van der Waals surface area contributed by atoms with Gasteiger partial charge in [-0.05, 0) is 50.1 Å². The zero-order valence-electron chi connectivity index (χ0n) is 19.0. The van der Waals surface area contributed by atoms with Crippen molar-refractivity contribution >= 4 is 40.2 Å². The van der Waals surface area contributed by atoms with Gasteiger partial charge < -0.3 is 15.4 Å². The van der Waals surface area contributed by atoms with Crippen molar-refractivity contribution in [3.63, 3.8) is 0 Å². The van der Waals surface area contributed by atoms with Gasteiger partial charge in [-0.25, -0.2) is 4.98 Å². The lowest BCUT2D eigenvalue weighted by Crippen LogP contribution is -2.26. The molecule has 0 bridgehead atoms. The van der Waals surface area contributed by atoms with Crippen molar-refractivity contribution in [1.82, 2.24) is 10.3 Å². The fourth-order valence-electron chi connectivity index (χ4n) is 2.50. The number of allylic oxidation sites excluding steroid dienone is 3. The Morgan fingerprint density at radius 2 is 2.00 bits per heavy atom. The third kappa shape index (κ3) is 10.8. The number of amides is 2. The van der Waals surface area contributed by atoms with Crippen LogP contribution in [0.1, 0.15) is 50.2 Å². The number of pyridine rings is 1. The summed E-state index contributed by atoms with van der Waals surface area (Å²) in [6, 6.07) is 3.13. The Morgan fingerprint density at radius 1 is 1.31 bits per heavy atom. The first-order valence-corrected chi connectivity index (χ1v) is 11.3. The lowest BCUT2D eigenvalue weighted by molar-refractivity contribution is -0.118. The van der Waals surface area contributed by atoms with Crippen LogP contribution in [-0.2, 0) is 9.53 Å². The van der Waals surface area contributed by atoms with Gasteiger partial charge in [-0.2, -0.15) is 8.78 Å². The molecular formula is C23H30F2IN3O3. The van der Waals surface area contributed by atoms with Crippen molar-refractivity contribution in [2.24, 2.45) is 5.92 Å². The highest BCUT2D eigenvalue weighted by Gasteiger charge is 2.24. The van der Waals surface area contributed by atoms with E-state index in [0.717, 1.165) is 22.6 Å². The topological polar surface area (TPSA) is 80.3 Å². The number of rotatable bonds is 11. The number of aromatic nitrogens is 1. The first-order chi connectivity index (χ1) is 14.9. The first-order valence-electron chi connectivity index (χ1n) is 10.3. The maximum atomic E-state index is 13.1. The lowest BCUT2D eigenvalue weighted by Gasteiger charge is -2.13. The Kier molecular flexibility index (Phi) is 11.5. The second kappa shape index (κ2) is 13.3. The van der Waals surface area contributed by atoms with E-state index in [2.05, 4.69) is 15.6 Å². The average molecular weight is 561 g/mol. The van der Waals surface area contributed by atoms with Crippen molar-refractivity contribution in [1.29, 1.82) is 0 Å². The largest absolute Gasteiger partial charge is 0.487 e. The molecule has 2 N–H and O–H groups in total. The molecule has 0 aromatic carbocycles. The van der Waals surface area contributed by atoms with Gasteiger partial charge in [0.1, 0.15) is 11.6 Å². The number of hydrogen-bond donors (Lipinski definition) is 2. The molecule has 6 nitrogen and oxygen atoms in total. The van der Waals surface area contributed by atoms with Crippen molar-refractivity contribution in [2.75, 3.05) is 18.5 Å². The molecule has 0 saturated heterocycles. The highest BCUT2D eigenvalue weighted by Crippen LogP contribution is 2.24. The van der Waals surface area contributed by atoms with Crippen molar-refractivity contribution in [3.8, 4) is 0 Å². The SMILES string of the molecule is C\C=C/C(=C\C(=C\CC)OCC(F)(F)I)CNC(=O)c1cc(C)nc(NC(=O)C(C)C)c1. The van der Waals surface area contributed by atoms with E-state index in [0.29, 0.717) is 34.8 Å². The number of carbonyl (C=O) groups excluding carboxylic acids is 2. The number of halogens is 3. The number of aryl methyl sites for hydroxylation is 1. The van der Waals surface area contributed by atoms with Crippen LogP contribution in [-0.4, -0.2) is 33.9 Å². The van der Waals surface area contributed by atoms with Gasteiger partial charge >= 0.3 is 3.93 Å². The molecular weight excluding hydrogens is 531 g/mol. The van der Waals surface area contributed by atoms with E-state index < -0.39 is 10.5 Å². The van der Waals surface area contributed by atoms with Crippen LogP contribution in [0.15, 0.2) is 47.8 Å². The van der Waals surface area contributed by atoms with E-state index in [9.17, 15) is 18.4 Å². The summed E-state index contributed by atoms with van der Waals surface area (Å²) in [7, 11) is 0. The number of carbonyl (C=O) groups is 2. The highest BCUT2D eigenvalue weighted by molar-refractivity contribution is 14.1. The van der Waals surface area contributed by atoms with Gasteiger partial charge in [-0.15, -0.1) is 0 Å². The monoisotopic (exact) mass is 561 g/mol. The summed E-state index contributed by atoms with van der Waals surface area (Å²) in [6.07, 6.45) is 7.48. The van der Waals surface area contributed by atoms with Gasteiger partial charge in [-0.3, -0.25) is 9.59 Å². The number of alkyl halides is 3.